The minimum absolute atomic E-state index is 0.148. The van der Waals surface area contributed by atoms with E-state index < -0.39 is 0 Å². The number of benzene rings is 1. The molecular weight excluding hydrogens is 394 g/mol. The Balaban J connectivity index is 2.19. The molecular formula is C25H37NO5. The number of hydrogen-bond donors (Lipinski definition) is 1. The molecule has 0 aromatic heterocycles. The molecule has 0 fully saturated rings. The molecule has 0 bridgehead atoms. The van der Waals surface area contributed by atoms with Gasteiger partial charge in [0.15, 0.2) is 0 Å². The first-order chi connectivity index (χ1) is 14.6. The molecule has 0 aliphatic carbocycles. The average Bonchev–Trinajstić information content (AvgIpc) is 3.08. The largest absolute Gasteiger partial charge is 0.496 e. The molecule has 2 rings (SSSR count). The fourth-order valence-electron chi connectivity index (χ4n) is 3.66. The molecule has 6 heteroatoms. The van der Waals surface area contributed by atoms with E-state index in [1.54, 1.807) is 7.11 Å². The first-order valence-electron chi connectivity index (χ1n) is 11.1. The number of cyclic esters (lactones) is 1. The highest BCUT2D eigenvalue weighted by Gasteiger charge is 2.32. The van der Waals surface area contributed by atoms with Crippen molar-refractivity contribution < 1.29 is 23.8 Å². The monoisotopic (exact) mass is 431 g/mol. The summed E-state index contributed by atoms with van der Waals surface area (Å²) in [6.45, 7) is 13.0. The molecule has 1 N–H and O–H groups in total. The van der Waals surface area contributed by atoms with Crippen molar-refractivity contribution in [1.29, 1.82) is 0 Å². The zero-order valence-corrected chi connectivity index (χ0v) is 20.0. The number of fused-ring (bicyclic) bond motifs is 1. The van der Waals surface area contributed by atoms with Crippen molar-refractivity contribution in [1.82, 2.24) is 0 Å². The summed E-state index contributed by atoms with van der Waals surface area (Å²) in [5, 5.41) is 3.43. The topological polar surface area (TPSA) is 73.9 Å². The summed E-state index contributed by atoms with van der Waals surface area (Å²) in [5.41, 5.74) is 5.25. The number of carbonyl (C=O) groups excluding carboxylic acids is 2. The lowest BCUT2D eigenvalue weighted by Gasteiger charge is -2.22. The number of carbonyl (C=O) groups is 2. The second-order valence-corrected chi connectivity index (χ2v) is 8.90. The smallest absolute Gasteiger partial charge is 0.341 e. The van der Waals surface area contributed by atoms with Gasteiger partial charge in [-0.15, -0.1) is 0 Å². The molecule has 1 aliphatic rings. The highest BCUT2D eigenvalue weighted by molar-refractivity contribution is 6.01. The minimum Gasteiger partial charge on any atom is -0.496 e. The number of hydrogen-bond acceptors (Lipinski definition) is 6. The Bertz CT molecular complexity index is 839. The van der Waals surface area contributed by atoms with Crippen LogP contribution < -0.4 is 10.1 Å². The van der Waals surface area contributed by atoms with Crippen LogP contribution in [0, 0.1) is 12.8 Å². The number of allylic oxidation sites excluding steroid dienone is 2. The SMILES string of the molecule is COc1c(C)c2c(c(NC(C)C)c1C/C=C(\C)CCC(=O)OCCC(C)C)C(=O)OC2. The van der Waals surface area contributed by atoms with Crippen LogP contribution in [0.15, 0.2) is 11.6 Å². The lowest BCUT2D eigenvalue weighted by Crippen LogP contribution is -2.16. The van der Waals surface area contributed by atoms with Crippen molar-refractivity contribution >= 4 is 17.6 Å². The number of methoxy groups -OCH3 is 1. The van der Waals surface area contributed by atoms with Crippen LogP contribution in [0.4, 0.5) is 5.69 Å². The summed E-state index contributed by atoms with van der Waals surface area (Å²) in [4.78, 5) is 24.4. The number of ether oxygens (including phenoxy) is 3. The summed E-state index contributed by atoms with van der Waals surface area (Å²) in [7, 11) is 1.65. The molecule has 0 unspecified atom stereocenters. The van der Waals surface area contributed by atoms with Crippen molar-refractivity contribution in [3.8, 4) is 5.75 Å². The van der Waals surface area contributed by atoms with Gasteiger partial charge in [0, 0.05) is 23.6 Å². The van der Waals surface area contributed by atoms with E-state index in [0.717, 1.165) is 40.1 Å². The molecule has 0 amide bonds. The van der Waals surface area contributed by atoms with E-state index in [1.807, 2.05) is 27.7 Å². The standard InChI is InChI=1S/C25H37NO5/c1-15(2)12-13-30-21(27)11-9-17(5)8-10-19-23(26-16(3)4)22-20(14-31-25(22)28)18(6)24(19)29-7/h8,15-16,26H,9-14H2,1-7H3/b17-8+. The third-order valence-corrected chi connectivity index (χ3v) is 5.45. The van der Waals surface area contributed by atoms with E-state index in [0.29, 0.717) is 37.4 Å². The molecule has 1 aliphatic heterocycles. The summed E-state index contributed by atoms with van der Waals surface area (Å²) < 4.78 is 16.4. The molecule has 0 spiro atoms. The Labute approximate surface area is 186 Å². The van der Waals surface area contributed by atoms with Gasteiger partial charge in [-0.2, -0.15) is 0 Å². The van der Waals surface area contributed by atoms with Gasteiger partial charge in [-0.25, -0.2) is 4.79 Å². The van der Waals surface area contributed by atoms with Crippen LogP contribution in [0.1, 0.15) is 80.9 Å². The van der Waals surface area contributed by atoms with E-state index in [4.69, 9.17) is 14.2 Å². The number of anilines is 1. The van der Waals surface area contributed by atoms with Gasteiger partial charge in [0.1, 0.15) is 12.4 Å². The molecule has 0 saturated heterocycles. The van der Waals surface area contributed by atoms with E-state index in [2.05, 4.69) is 25.2 Å². The molecule has 6 nitrogen and oxygen atoms in total. The van der Waals surface area contributed by atoms with Crippen molar-refractivity contribution in [2.24, 2.45) is 5.92 Å². The Kier molecular flexibility index (Phi) is 8.96. The van der Waals surface area contributed by atoms with Crippen LogP contribution >= 0.6 is 0 Å². The van der Waals surface area contributed by atoms with E-state index in [9.17, 15) is 9.59 Å². The van der Waals surface area contributed by atoms with Gasteiger partial charge in [-0.3, -0.25) is 4.79 Å². The molecule has 1 heterocycles. The zero-order valence-electron chi connectivity index (χ0n) is 20.0. The second kappa shape index (κ2) is 11.2. The van der Waals surface area contributed by atoms with Crippen LogP contribution in [-0.4, -0.2) is 31.7 Å². The number of esters is 2. The molecule has 1 aromatic rings. The average molecular weight is 432 g/mol. The Morgan fingerprint density at radius 2 is 1.94 bits per heavy atom. The number of nitrogens with one attached hydrogen (secondary N) is 1. The highest BCUT2D eigenvalue weighted by atomic mass is 16.5. The molecule has 31 heavy (non-hydrogen) atoms. The summed E-state index contributed by atoms with van der Waals surface area (Å²) in [5.74, 6) is 0.836. The van der Waals surface area contributed by atoms with Crippen LogP contribution in [0.5, 0.6) is 5.75 Å². The minimum atomic E-state index is -0.296. The lowest BCUT2D eigenvalue weighted by atomic mass is 9.93. The zero-order chi connectivity index (χ0) is 23.1. The third-order valence-electron chi connectivity index (χ3n) is 5.45. The summed E-state index contributed by atoms with van der Waals surface area (Å²) in [6, 6.07) is 0.148. The van der Waals surface area contributed by atoms with E-state index in [1.165, 1.54) is 0 Å². The Hall–Kier alpha value is -2.50. The van der Waals surface area contributed by atoms with E-state index >= 15 is 0 Å². The van der Waals surface area contributed by atoms with Gasteiger partial charge in [0.25, 0.3) is 0 Å². The van der Waals surface area contributed by atoms with Crippen molar-refractivity contribution in [2.45, 2.75) is 79.9 Å². The highest BCUT2D eigenvalue weighted by Crippen LogP contribution is 2.41. The maximum Gasteiger partial charge on any atom is 0.341 e. The van der Waals surface area contributed by atoms with Gasteiger partial charge < -0.3 is 19.5 Å². The van der Waals surface area contributed by atoms with Gasteiger partial charge in [-0.1, -0.05) is 25.5 Å². The van der Waals surface area contributed by atoms with Crippen LogP contribution in [0.25, 0.3) is 0 Å². The van der Waals surface area contributed by atoms with Gasteiger partial charge in [-0.05, 0) is 58.4 Å². The third kappa shape index (κ3) is 6.49. The van der Waals surface area contributed by atoms with Gasteiger partial charge in [0.2, 0.25) is 0 Å². The molecule has 172 valence electrons. The maximum atomic E-state index is 12.4. The van der Waals surface area contributed by atoms with Crippen molar-refractivity contribution in [2.75, 3.05) is 19.0 Å². The molecule has 0 radical (unpaired) electrons. The Morgan fingerprint density at radius 1 is 1.23 bits per heavy atom. The van der Waals surface area contributed by atoms with E-state index in [-0.39, 0.29) is 24.6 Å². The second-order valence-electron chi connectivity index (χ2n) is 8.90. The molecule has 0 atom stereocenters. The van der Waals surface area contributed by atoms with Crippen molar-refractivity contribution in [3.63, 3.8) is 0 Å². The fraction of sp³-hybridized carbons (Fsp3) is 0.600. The van der Waals surface area contributed by atoms with Gasteiger partial charge in [0.05, 0.1) is 25.0 Å². The fourth-order valence-corrected chi connectivity index (χ4v) is 3.66. The molecule has 1 aromatic carbocycles. The summed E-state index contributed by atoms with van der Waals surface area (Å²) in [6.07, 6.45) is 4.57. The summed E-state index contributed by atoms with van der Waals surface area (Å²) >= 11 is 0. The maximum absolute atomic E-state index is 12.4. The quantitative estimate of drug-likeness (QED) is 0.376. The predicted molar refractivity (Wildman–Crippen MR) is 123 cm³/mol. The first kappa shape index (κ1) is 24.8. The predicted octanol–water partition coefficient (Wildman–Crippen LogP) is 5.35. The molecule has 0 saturated carbocycles. The first-order valence-corrected chi connectivity index (χ1v) is 11.1. The number of rotatable bonds is 11. The van der Waals surface area contributed by atoms with Crippen LogP contribution in [0.3, 0.4) is 0 Å². The van der Waals surface area contributed by atoms with Crippen LogP contribution in [-0.2, 0) is 27.3 Å². The lowest BCUT2D eigenvalue weighted by molar-refractivity contribution is -0.143. The van der Waals surface area contributed by atoms with Gasteiger partial charge >= 0.3 is 11.9 Å². The van der Waals surface area contributed by atoms with Crippen molar-refractivity contribution in [3.05, 3.63) is 33.9 Å². The Morgan fingerprint density at radius 3 is 2.55 bits per heavy atom. The normalized spacial score (nSPS) is 13.5. The van der Waals surface area contributed by atoms with Crippen LogP contribution in [0.2, 0.25) is 0 Å².